The SMILES string of the molecule is Nc1ccc(C(=O)c2csc3ccccc23)cc1Cl. The number of hydrogen-bond acceptors (Lipinski definition) is 3. The molecule has 1 aromatic heterocycles. The molecule has 3 aromatic rings. The molecule has 4 heteroatoms. The Kier molecular flexibility index (Phi) is 3.01. The minimum atomic E-state index is -0.0284. The maximum atomic E-state index is 12.5. The van der Waals surface area contributed by atoms with Gasteiger partial charge < -0.3 is 5.73 Å². The van der Waals surface area contributed by atoms with Gasteiger partial charge in [-0.2, -0.15) is 0 Å². The highest BCUT2D eigenvalue weighted by molar-refractivity contribution is 7.17. The van der Waals surface area contributed by atoms with Gasteiger partial charge in [-0.15, -0.1) is 11.3 Å². The van der Waals surface area contributed by atoms with Gasteiger partial charge >= 0.3 is 0 Å². The lowest BCUT2D eigenvalue weighted by Gasteiger charge is -2.03. The molecular formula is C15H10ClNOS. The van der Waals surface area contributed by atoms with Gasteiger partial charge in [0.15, 0.2) is 5.78 Å². The van der Waals surface area contributed by atoms with E-state index >= 15 is 0 Å². The first-order valence-corrected chi connectivity index (χ1v) is 6.98. The highest BCUT2D eigenvalue weighted by Crippen LogP contribution is 2.29. The molecule has 0 aliphatic carbocycles. The van der Waals surface area contributed by atoms with Crippen molar-refractivity contribution in [2.45, 2.75) is 0 Å². The van der Waals surface area contributed by atoms with Crippen molar-refractivity contribution in [3.8, 4) is 0 Å². The molecular weight excluding hydrogens is 278 g/mol. The maximum absolute atomic E-state index is 12.5. The predicted molar refractivity (Wildman–Crippen MR) is 81.1 cm³/mol. The van der Waals surface area contributed by atoms with Crippen molar-refractivity contribution in [1.29, 1.82) is 0 Å². The highest BCUT2D eigenvalue weighted by atomic mass is 35.5. The Bertz CT molecular complexity index is 779. The minimum absolute atomic E-state index is 0.0284. The number of nitrogen functional groups attached to an aromatic ring is 1. The summed E-state index contributed by atoms with van der Waals surface area (Å²) >= 11 is 7.53. The van der Waals surface area contributed by atoms with Crippen molar-refractivity contribution in [3.05, 3.63) is 64.0 Å². The molecule has 0 aliphatic heterocycles. The van der Waals surface area contributed by atoms with Gasteiger partial charge in [0.05, 0.1) is 10.7 Å². The first-order chi connectivity index (χ1) is 9.16. The molecule has 0 spiro atoms. The van der Waals surface area contributed by atoms with Crippen LogP contribution < -0.4 is 5.73 Å². The predicted octanol–water partition coefficient (Wildman–Crippen LogP) is 4.37. The average molecular weight is 288 g/mol. The molecule has 3 rings (SSSR count). The van der Waals surface area contributed by atoms with E-state index in [1.54, 1.807) is 29.5 Å². The second-order valence-electron chi connectivity index (χ2n) is 4.21. The van der Waals surface area contributed by atoms with Crippen molar-refractivity contribution < 1.29 is 4.79 Å². The number of fused-ring (bicyclic) bond motifs is 1. The second kappa shape index (κ2) is 4.68. The Morgan fingerprint density at radius 3 is 2.74 bits per heavy atom. The van der Waals surface area contributed by atoms with Gasteiger partial charge in [0.2, 0.25) is 0 Å². The highest BCUT2D eigenvalue weighted by Gasteiger charge is 2.14. The molecule has 19 heavy (non-hydrogen) atoms. The molecule has 0 atom stereocenters. The summed E-state index contributed by atoms with van der Waals surface area (Å²) in [6.45, 7) is 0. The zero-order valence-corrected chi connectivity index (χ0v) is 11.5. The molecule has 2 nitrogen and oxygen atoms in total. The standard InChI is InChI=1S/C15H10ClNOS/c16-12-7-9(5-6-13(12)17)15(18)11-8-19-14-4-2-1-3-10(11)14/h1-8H,17H2. The Morgan fingerprint density at radius 2 is 1.95 bits per heavy atom. The zero-order chi connectivity index (χ0) is 13.4. The number of thiophene rings is 1. The van der Waals surface area contributed by atoms with E-state index in [0.29, 0.717) is 21.8 Å². The molecule has 0 fully saturated rings. The molecule has 0 aliphatic rings. The van der Waals surface area contributed by atoms with E-state index in [1.165, 1.54) is 0 Å². The summed E-state index contributed by atoms with van der Waals surface area (Å²) in [5.41, 5.74) is 7.40. The van der Waals surface area contributed by atoms with Crippen LogP contribution in [-0.4, -0.2) is 5.78 Å². The lowest BCUT2D eigenvalue weighted by atomic mass is 10.0. The van der Waals surface area contributed by atoms with Gasteiger partial charge in [0.25, 0.3) is 0 Å². The molecule has 0 saturated heterocycles. The molecule has 0 unspecified atom stereocenters. The summed E-state index contributed by atoms with van der Waals surface area (Å²) in [5, 5.41) is 3.27. The van der Waals surface area contributed by atoms with E-state index in [4.69, 9.17) is 17.3 Å². The third-order valence-corrected chi connectivity index (χ3v) is 4.28. The van der Waals surface area contributed by atoms with Crippen molar-refractivity contribution in [1.82, 2.24) is 0 Å². The summed E-state index contributed by atoms with van der Waals surface area (Å²) in [6, 6.07) is 12.8. The van der Waals surface area contributed by atoms with Crippen molar-refractivity contribution in [2.75, 3.05) is 5.73 Å². The van der Waals surface area contributed by atoms with Crippen LogP contribution in [0.25, 0.3) is 10.1 Å². The molecule has 0 amide bonds. The monoisotopic (exact) mass is 287 g/mol. The number of carbonyl (C=O) groups excluding carboxylic acids is 1. The van der Waals surface area contributed by atoms with Crippen LogP contribution in [0.5, 0.6) is 0 Å². The lowest BCUT2D eigenvalue weighted by molar-refractivity contribution is 0.104. The maximum Gasteiger partial charge on any atom is 0.194 e. The Morgan fingerprint density at radius 1 is 1.16 bits per heavy atom. The molecule has 0 saturated carbocycles. The molecule has 94 valence electrons. The smallest absolute Gasteiger partial charge is 0.194 e. The van der Waals surface area contributed by atoms with E-state index in [9.17, 15) is 4.79 Å². The van der Waals surface area contributed by atoms with Crippen LogP contribution >= 0.6 is 22.9 Å². The fraction of sp³-hybridized carbons (Fsp3) is 0. The van der Waals surface area contributed by atoms with Gasteiger partial charge in [-0.25, -0.2) is 0 Å². The van der Waals surface area contributed by atoms with Gasteiger partial charge in [0.1, 0.15) is 0 Å². The summed E-state index contributed by atoms with van der Waals surface area (Å²) in [4.78, 5) is 12.5. The second-order valence-corrected chi connectivity index (χ2v) is 5.53. The first-order valence-electron chi connectivity index (χ1n) is 5.73. The molecule has 0 radical (unpaired) electrons. The fourth-order valence-corrected chi connectivity index (χ4v) is 3.10. The van der Waals surface area contributed by atoms with E-state index in [2.05, 4.69) is 0 Å². The first kappa shape index (κ1) is 12.2. The Labute approximate surface area is 119 Å². The van der Waals surface area contributed by atoms with Crippen molar-refractivity contribution >= 4 is 44.5 Å². The topological polar surface area (TPSA) is 43.1 Å². The number of anilines is 1. The molecule has 2 N–H and O–H groups in total. The van der Waals surface area contributed by atoms with Crippen LogP contribution in [0, 0.1) is 0 Å². The Balaban J connectivity index is 2.11. The molecule has 1 heterocycles. The largest absolute Gasteiger partial charge is 0.398 e. The van der Waals surface area contributed by atoms with Crippen LogP contribution in [-0.2, 0) is 0 Å². The van der Waals surface area contributed by atoms with Gasteiger partial charge in [0, 0.05) is 26.6 Å². The molecule has 0 bridgehead atoms. The van der Waals surface area contributed by atoms with E-state index in [0.717, 1.165) is 10.1 Å². The quantitative estimate of drug-likeness (QED) is 0.562. The third kappa shape index (κ3) is 2.11. The van der Waals surface area contributed by atoms with E-state index in [1.807, 2.05) is 29.6 Å². The van der Waals surface area contributed by atoms with Crippen LogP contribution in [0.15, 0.2) is 47.8 Å². The summed E-state index contributed by atoms with van der Waals surface area (Å²) in [6.07, 6.45) is 0. The lowest BCUT2D eigenvalue weighted by Crippen LogP contribution is -2.01. The summed E-state index contributed by atoms with van der Waals surface area (Å²) < 4.78 is 1.10. The average Bonchev–Trinajstić information content (AvgIpc) is 2.85. The third-order valence-electron chi connectivity index (χ3n) is 2.99. The number of rotatable bonds is 2. The van der Waals surface area contributed by atoms with Crippen LogP contribution in [0.1, 0.15) is 15.9 Å². The number of hydrogen-bond donors (Lipinski definition) is 1. The van der Waals surface area contributed by atoms with E-state index in [-0.39, 0.29) is 5.78 Å². The summed E-state index contributed by atoms with van der Waals surface area (Å²) in [5.74, 6) is -0.0284. The number of nitrogens with two attached hydrogens (primary N) is 1. The van der Waals surface area contributed by atoms with Gasteiger partial charge in [-0.1, -0.05) is 29.8 Å². The van der Waals surface area contributed by atoms with Gasteiger partial charge in [-0.05, 0) is 24.3 Å². The minimum Gasteiger partial charge on any atom is -0.398 e. The van der Waals surface area contributed by atoms with Crippen LogP contribution in [0.4, 0.5) is 5.69 Å². The van der Waals surface area contributed by atoms with Crippen LogP contribution in [0.3, 0.4) is 0 Å². The number of benzene rings is 2. The van der Waals surface area contributed by atoms with Crippen LogP contribution in [0.2, 0.25) is 5.02 Å². The fourth-order valence-electron chi connectivity index (χ4n) is 1.98. The number of ketones is 1. The number of halogens is 1. The Hall–Kier alpha value is -1.84. The van der Waals surface area contributed by atoms with Crippen molar-refractivity contribution in [2.24, 2.45) is 0 Å². The van der Waals surface area contributed by atoms with E-state index < -0.39 is 0 Å². The number of carbonyl (C=O) groups is 1. The molecule has 2 aromatic carbocycles. The zero-order valence-electron chi connectivity index (χ0n) is 9.89. The normalized spacial score (nSPS) is 10.8. The van der Waals surface area contributed by atoms with Gasteiger partial charge in [-0.3, -0.25) is 4.79 Å². The van der Waals surface area contributed by atoms with Crippen molar-refractivity contribution in [3.63, 3.8) is 0 Å². The summed E-state index contributed by atoms with van der Waals surface area (Å²) in [7, 11) is 0.